The van der Waals surface area contributed by atoms with Gasteiger partial charge in [0, 0.05) is 11.8 Å². The Morgan fingerprint density at radius 3 is 2.45 bits per heavy atom. The SMILES string of the molecule is COc1cc(CS(C)(=O)=O)ccc1OCc1ccccc1F. The lowest BCUT2D eigenvalue weighted by Crippen LogP contribution is -2.03. The molecule has 0 unspecified atom stereocenters. The second-order valence-electron chi connectivity index (χ2n) is 4.94. The zero-order valence-electron chi connectivity index (χ0n) is 12.4. The summed E-state index contributed by atoms with van der Waals surface area (Å²) in [6, 6.07) is 11.2. The van der Waals surface area contributed by atoms with E-state index in [1.165, 1.54) is 19.4 Å². The highest BCUT2D eigenvalue weighted by molar-refractivity contribution is 7.89. The number of halogens is 1. The molecule has 0 aromatic heterocycles. The summed E-state index contributed by atoms with van der Waals surface area (Å²) < 4.78 is 47.0. The first-order valence-electron chi connectivity index (χ1n) is 6.60. The first kappa shape index (κ1) is 16.3. The van der Waals surface area contributed by atoms with Crippen LogP contribution in [0.3, 0.4) is 0 Å². The van der Waals surface area contributed by atoms with Gasteiger partial charge in [0.25, 0.3) is 0 Å². The van der Waals surface area contributed by atoms with Gasteiger partial charge in [-0.15, -0.1) is 0 Å². The Morgan fingerprint density at radius 1 is 1.09 bits per heavy atom. The third-order valence-electron chi connectivity index (χ3n) is 3.00. The molecule has 0 saturated carbocycles. The molecule has 0 heterocycles. The van der Waals surface area contributed by atoms with Crippen molar-refractivity contribution in [3.8, 4) is 11.5 Å². The second-order valence-corrected chi connectivity index (χ2v) is 7.08. The van der Waals surface area contributed by atoms with E-state index in [4.69, 9.17) is 9.47 Å². The van der Waals surface area contributed by atoms with Crippen molar-refractivity contribution >= 4 is 9.84 Å². The average Bonchev–Trinajstić information content (AvgIpc) is 2.45. The molecule has 0 aliphatic rings. The first-order valence-corrected chi connectivity index (χ1v) is 8.66. The summed E-state index contributed by atoms with van der Waals surface area (Å²) in [7, 11) is -1.65. The topological polar surface area (TPSA) is 52.6 Å². The first-order chi connectivity index (χ1) is 10.4. The molecule has 2 aromatic carbocycles. The normalized spacial score (nSPS) is 11.2. The smallest absolute Gasteiger partial charge is 0.161 e. The molecule has 0 bridgehead atoms. The summed E-state index contributed by atoms with van der Waals surface area (Å²) in [6.07, 6.45) is 1.17. The van der Waals surface area contributed by atoms with Crippen molar-refractivity contribution in [1.29, 1.82) is 0 Å². The molecule has 6 heteroatoms. The molecule has 0 saturated heterocycles. The van der Waals surface area contributed by atoms with Crippen LogP contribution in [-0.2, 0) is 22.2 Å². The highest BCUT2D eigenvalue weighted by atomic mass is 32.2. The van der Waals surface area contributed by atoms with E-state index in [1.807, 2.05) is 0 Å². The number of methoxy groups -OCH3 is 1. The largest absolute Gasteiger partial charge is 0.493 e. The van der Waals surface area contributed by atoms with Gasteiger partial charge in [0.05, 0.1) is 12.9 Å². The molecule has 118 valence electrons. The molecule has 0 aliphatic carbocycles. The van der Waals surface area contributed by atoms with Gasteiger partial charge in [0.2, 0.25) is 0 Å². The lowest BCUT2D eigenvalue weighted by Gasteiger charge is -2.12. The minimum Gasteiger partial charge on any atom is -0.493 e. The molecule has 0 aliphatic heterocycles. The fourth-order valence-electron chi connectivity index (χ4n) is 1.99. The van der Waals surface area contributed by atoms with Gasteiger partial charge in [-0.2, -0.15) is 0 Å². The van der Waals surface area contributed by atoms with Crippen molar-refractivity contribution in [2.24, 2.45) is 0 Å². The summed E-state index contributed by atoms with van der Waals surface area (Å²) in [5, 5.41) is 0. The van der Waals surface area contributed by atoms with E-state index >= 15 is 0 Å². The Morgan fingerprint density at radius 2 is 1.82 bits per heavy atom. The van der Waals surface area contributed by atoms with E-state index in [0.29, 0.717) is 22.6 Å². The lowest BCUT2D eigenvalue weighted by atomic mass is 10.2. The lowest BCUT2D eigenvalue weighted by molar-refractivity contribution is 0.279. The van der Waals surface area contributed by atoms with Crippen molar-refractivity contribution < 1.29 is 22.3 Å². The molecule has 0 amide bonds. The Balaban J connectivity index is 2.16. The molecule has 22 heavy (non-hydrogen) atoms. The molecule has 0 radical (unpaired) electrons. The zero-order chi connectivity index (χ0) is 16.2. The van der Waals surface area contributed by atoms with Crippen molar-refractivity contribution in [3.05, 3.63) is 59.4 Å². The number of ether oxygens (including phenoxy) is 2. The van der Waals surface area contributed by atoms with Gasteiger partial charge in [0.1, 0.15) is 12.4 Å². The predicted octanol–water partition coefficient (Wildman–Crippen LogP) is 2.96. The molecule has 0 fully saturated rings. The quantitative estimate of drug-likeness (QED) is 0.820. The van der Waals surface area contributed by atoms with Crippen LogP contribution in [-0.4, -0.2) is 21.8 Å². The van der Waals surface area contributed by atoms with Gasteiger partial charge in [0.15, 0.2) is 21.3 Å². The van der Waals surface area contributed by atoms with Crippen LogP contribution in [0.5, 0.6) is 11.5 Å². The highest BCUT2D eigenvalue weighted by Gasteiger charge is 2.11. The van der Waals surface area contributed by atoms with Crippen LogP contribution >= 0.6 is 0 Å². The maximum absolute atomic E-state index is 13.5. The molecule has 0 spiro atoms. The summed E-state index contributed by atoms with van der Waals surface area (Å²) in [4.78, 5) is 0. The van der Waals surface area contributed by atoms with Crippen LogP contribution in [0, 0.1) is 5.82 Å². The van der Waals surface area contributed by atoms with Gasteiger partial charge in [-0.25, -0.2) is 12.8 Å². The van der Waals surface area contributed by atoms with Crippen molar-refractivity contribution in [1.82, 2.24) is 0 Å². The van der Waals surface area contributed by atoms with Crippen molar-refractivity contribution in [3.63, 3.8) is 0 Å². The van der Waals surface area contributed by atoms with Crippen LogP contribution in [0.15, 0.2) is 42.5 Å². The van der Waals surface area contributed by atoms with E-state index in [9.17, 15) is 12.8 Å². The Bertz CT molecular complexity index is 756. The number of sulfone groups is 1. The van der Waals surface area contributed by atoms with Crippen LogP contribution in [0.25, 0.3) is 0 Å². The minimum absolute atomic E-state index is 0.0639. The number of benzene rings is 2. The van der Waals surface area contributed by atoms with E-state index in [-0.39, 0.29) is 18.2 Å². The standard InChI is InChI=1S/C16H17FO4S/c1-20-16-9-12(11-22(2,18)19)7-8-15(16)21-10-13-5-3-4-6-14(13)17/h3-9H,10-11H2,1-2H3. The van der Waals surface area contributed by atoms with Crippen molar-refractivity contribution in [2.45, 2.75) is 12.4 Å². The van der Waals surface area contributed by atoms with Gasteiger partial charge in [-0.1, -0.05) is 24.3 Å². The van der Waals surface area contributed by atoms with Gasteiger partial charge < -0.3 is 9.47 Å². The van der Waals surface area contributed by atoms with Gasteiger partial charge in [-0.3, -0.25) is 0 Å². The summed E-state index contributed by atoms with van der Waals surface area (Å²) >= 11 is 0. The second kappa shape index (κ2) is 6.79. The maximum Gasteiger partial charge on any atom is 0.161 e. The molecule has 2 aromatic rings. The zero-order valence-corrected chi connectivity index (χ0v) is 13.2. The summed E-state index contributed by atoms with van der Waals surface area (Å²) in [6.45, 7) is 0.0639. The molecule has 0 atom stereocenters. The molecule has 0 N–H and O–H groups in total. The van der Waals surface area contributed by atoms with Crippen molar-refractivity contribution in [2.75, 3.05) is 13.4 Å². The van der Waals surface area contributed by atoms with Crippen LogP contribution < -0.4 is 9.47 Å². The van der Waals surface area contributed by atoms with E-state index < -0.39 is 9.84 Å². The third kappa shape index (κ3) is 4.46. The van der Waals surface area contributed by atoms with E-state index in [0.717, 1.165) is 0 Å². The molecule has 2 rings (SSSR count). The van der Waals surface area contributed by atoms with Gasteiger partial charge in [-0.05, 0) is 23.8 Å². The summed E-state index contributed by atoms with van der Waals surface area (Å²) in [5.74, 6) is 0.437. The van der Waals surface area contributed by atoms with Crippen LogP contribution in [0.1, 0.15) is 11.1 Å². The number of rotatable bonds is 6. The fraction of sp³-hybridized carbons (Fsp3) is 0.250. The molecule has 4 nitrogen and oxygen atoms in total. The molecular formula is C16H17FO4S. The Kier molecular flexibility index (Phi) is 5.03. The molecular weight excluding hydrogens is 307 g/mol. The monoisotopic (exact) mass is 324 g/mol. The van der Waals surface area contributed by atoms with Crippen LogP contribution in [0.2, 0.25) is 0 Å². The maximum atomic E-state index is 13.5. The average molecular weight is 324 g/mol. The van der Waals surface area contributed by atoms with Gasteiger partial charge >= 0.3 is 0 Å². The van der Waals surface area contributed by atoms with Crippen LogP contribution in [0.4, 0.5) is 4.39 Å². The summed E-state index contributed by atoms with van der Waals surface area (Å²) in [5.41, 5.74) is 1.04. The predicted molar refractivity (Wildman–Crippen MR) is 82.3 cm³/mol. The highest BCUT2D eigenvalue weighted by Crippen LogP contribution is 2.29. The van der Waals surface area contributed by atoms with E-state index in [2.05, 4.69) is 0 Å². The minimum atomic E-state index is -3.12. The number of hydrogen-bond acceptors (Lipinski definition) is 4. The number of hydrogen-bond donors (Lipinski definition) is 0. The Labute approximate surface area is 129 Å². The fourth-order valence-corrected chi connectivity index (χ4v) is 2.78. The third-order valence-corrected chi connectivity index (χ3v) is 3.86. The van der Waals surface area contributed by atoms with E-state index in [1.54, 1.807) is 36.4 Å². The Hall–Kier alpha value is -2.08.